The van der Waals surface area contributed by atoms with Gasteiger partial charge in [-0.05, 0) is 37.6 Å². The molecule has 0 saturated carbocycles. The fourth-order valence-electron chi connectivity index (χ4n) is 3.25. The van der Waals surface area contributed by atoms with Gasteiger partial charge in [0.1, 0.15) is 0 Å². The first-order valence-electron chi connectivity index (χ1n) is 8.17. The van der Waals surface area contributed by atoms with Gasteiger partial charge in [0.25, 0.3) is 5.91 Å². The summed E-state index contributed by atoms with van der Waals surface area (Å²) in [5.41, 5.74) is 4.32. The molecule has 2 N–H and O–H groups in total. The number of rotatable bonds is 4. The molecule has 4 rings (SSSR count). The fraction of sp³-hybridized carbons (Fsp3) is 0.158. The number of hydrogen-bond acceptors (Lipinski definition) is 3. The first kappa shape index (κ1) is 15.3. The lowest BCUT2D eigenvalue weighted by atomic mass is 10.1. The van der Waals surface area contributed by atoms with Crippen LogP contribution in [0.1, 0.15) is 23.0 Å². The molecule has 3 aromatic heterocycles. The van der Waals surface area contributed by atoms with Gasteiger partial charge in [-0.2, -0.15) is 5.10 Å². The zero-order chi connectivity index (χ0) is 17.4. The molecule has 0 aliphatic rings. The van der Waals surface area contributed by atoms with Crippen LogP contribution < -0.4 is 5.32 Å². The molecule has 6 heteroatoms. The number of benzene rings is 1. The number of aromatic nitrogens is 3. The number of para-hydroxylation sites is 1. The molecule has 25 heavy (non-hydrogen) atoms. The van der Waals surface area contributed by atoms with Crippen molar-refractivity contribution in [3.8, 4) is 11.4 Å². The van der Waals surface area contributed by atoms with E-state index in [4.69, 9.17) is 4.42 Å². The van der Waals surface area contributed by atoms with Crippen LogP contribution in [-0.4, -0.2) is 20.7 Å². The third-order valence-electron chi connectivity index (χ3n) is 4.36. The Hall–Kier alpha value is -3.28. The van der Waals surface area contributed by atoms with E-state index in [0.717, 1.165) is 17.9 Å². The second kappa shape index (κ2) is 5.98. The van der Waals surface area contributed by atoms with Crippen LogP contribution in [0.25, 0.3) is 22.3 Å². The molecule has 1 aromatic carbocycles. The lowest BCUT2D eigenvalue weighted by Gasteiger charge is -2.06. The first-order chi connectivity index (χ1) is 12.2. The van der Waals surface area contributed by atoms with Crippen LogP contribution in [0.5, 0.6) is 0 Å². The van der Waals surface area contributed by atoms with Crippen LogP contribution >= 0.6 is 0 Å². The molecule has 3 heterocycles. The monoisotopic (exact) mass is 334 g/mol. The normalized spacial score (nSPS) is 11.1. The molecule has 6 nitrogen and oxygen atoms in total. The number of carbonyl (C=O) groups excluding carboxylic acids is 1. The summed E-state index contributed by atoms with van der Waals surface area (Å²) in [7, 11) is 0. The molecule has 4 aromatic rings. The number of H-pyrrole nitrogens is 1. The Kier molecular flexibility index (Phi) is 3.65. The predicted octanol–water partition coefficient (Wildman–Crippen LogP) is 4.21. The minimum Gasteiger partial charge on any atom is -0.459 e. The summed E-state index contributed by atoms with van der Waals surface area (Å²) < 4.78 is 7.35. The second-order valence-electron chi connectivity index (χ2n) is 5.83. The Balaban J connectivity index is 1.72. The van der Waals surface area contributed by atoms with Crippen molar-refractivity contribution in [2.24, 2.45) is 0 Å². The van der Waals surface area contributed by atoms with E-state index in [2.05, 4.69) is 46.1 Å². The molecule has 0 radical (unpaired) electrons. The maximum Gasteiger partial charge on any atom is 0.292 e. The van der Waals surface area contributed by atoms with Crippen molar-refractivity contribution in [3.63, 3.8) is 0 Å². The van der Waals surface area contributed by atoms with E-state index in [1.165, 1.54) is 22.7 Å². The van der Waals surface area contributed by atoms with E-state index in [1.807, 2.05) is 18.2 Å². The number of aromatic amines is 1. The van der Waals surface area contributed by atoms with Crippen LogP contribution in [0.3, 0.4) is 0 Å². The fourth-order valence-corrected chi connectivity index (χ4v) is 3.25. The Morgan fingerprint density at radius 3 is 2.88 bits per heavy atom. The molecule has 0 fully saturated rings. The van der Waals surface area contributed by atoms with Crippen molar-refractivity contribution >= 4 is 22.6 Å². The number of carbonyl (C=O) groups is 1. The highest BCUT2D eigenvalue weighted by molar-refractivity contribution is 6.02. The summed E-state index contributed by atoms with van der Waals surface area (Å²) in [6.07, 6.45) is 1.47. The third kappa shape index (κ3) is 2.52. The summed E-state index contributed by atoms with van der Waals surface area (Å²) in [4.78, 5) is 12.1. The van der Waals surface area contributed by atoms with Gasteiger partial charge < -0.3 is 14.3 Å². The van der Waals surface area contributed by atoms with Crippen LogP contribution in [0.15, 0.2) is 53.1 Å². The standard InChI is InChI=1S/C19H18N4O2/c1-3-23-15-8-5-4-7-13(15)12(2)18(23)14-11-17(22-21-14)20-19(24)16-9-6-10-25-16/h4-11H,3H2,1-2H3,(H2,20,21,22,24). The largest absolute Gasteiger partial charge is 0.459 e. The van der Waals surface area contributed by atoms with Crippen LogP contribution in [0, 0.1) is 6.92 Å². The van der Waals surface area contributed by atoms with Crippen LogP contribution in [0.4, 0.5) is 5.82 Å². The number of furan rings is 1. The summed E-state index contributed by atoms with van der Waals surface area (Å²) in [6, 6.07) is 13.5. The topological polar surface area (TPSA) is 75.8 Å². The second-order valence-corrected chi connectivity index (χ2v) is 5.83. The lowest BCUT2D eigenvalue weighted by Crippen LogP contribution is -2.10. The van der Waals surface area contributed by atoms with E-state index >= 15 is 0 Å². The Morgan fingerprint density at radius 2 is 2.12 bits per heavy atom. The molecule has 0 unspecified atom stereocenters. The maximum atomic E-state index is 12.1. The van der Waals surface area contributed by atoms with Crippen molar-refractivity contribution in [2.45, 2.75) is 20.4 Å². The number of nitrogens with one attached hydrogen (secondary N) is 2. The van der Waals surface area contributed by atoms with Gasteiger partial charge in [-0.25, -0.2) is 0 Å². The number of nitrogens with zero attached hydrogens (tertiary/aromatic N) is 2. The van der Waals surface area contributed by atoms with E-state index in [9.17, 15) is 4.79 Å². The minimum absolute atomic E-state index is 0.253. The number of amides is 1. The first-order valence-corrected chi connectivity index (χ1v) is 8.17. The Bertz CT molecular complexity index is 1040. The molecule has 0 aliphatic carbocycles. The molecule has 0 saturated heterocycles. The summed E-state index contributed by atoms with van der Waals surface area (Å²) in [5.74, 6) is 0.392. The number of hydrogen-bond donors (Lipinski definition) is 2. The number of aryl methyl sites for hydroxylation is 2. The van der Waals surface area contributed by atoms with Crippen LogP contribution in [0.2, 0.25) is 0 Å². The average molecular weight is 334 g/mol. The van der Waals surface area contributed by atoms with Gasteiger partial charge in [0.15, 0.2) is 11.6 Å². The molecule has 0 spiro atoms. The van der Waals surface area contributed by atoms with E-state index in [0.29, 0.717) is 5.82 Å². The van der Waals surface area contributed by atoms with Crippen molar-refractivity contribution < 1.29 is 9.21 Å². The zero-order valence-corrected chi connectivity index (χ0v) is 14.0. The lowest BCUT2D eigenvalue weighted by molar-refractivity contribution is 0.0996. The molecule has 0 aliphatic heterocycles. The highest BCUT2D eigenvalue weighted by Gasteiger charge is 2.17. The molecular formula is C19H18N4O2. The highest BCUT2D eigenvalue weighted by Crippen LogP contribution is 2.33. The summed E-state index contributed by atoms with van der Waals surface area (Å²) >= 11 is 0. The maximum absolute atomic E-state index is 12.1. The van der Waals surface area contributed by atoms with Crippen molar-refractivity contribution in [2.75, 3.05) is 5.32 Å². The quantitative estimate of drug-likeness (QED) is 0.587. The molecule has 126 valence electrons. The number of fused-ring (bicyclic) bond motifs is 1. The summed E-state index contributed by atoms with van der Waals surface area (Å²) in [6.45, 7) is 5.06. The van der Waals surface area contributed by atoms with Gasteiger partial charge >= 0.3 is 0 Å². The van der Waals surface area contributed by atoms with E-state index < -0.39 is 0 Å². The summed E-state index contributed by atoms with van der Waals surface area (Å²) in [5, 5.41) is 11.2. The molecule has 0 atom stereocenters. The van der Waals surface area contributed by atoms with Crippen molar-refractivity contribution in [1.82, 2.24) is 14.8 Å². The average Bonchev–Trinajstić information content (AvgIpc) is 3.35. The number of anilines is 1. The molecule has 0 bridgehead atoms. The van der Waals surface area contributed by atoms with Gasteiger partial charge in [0, 0.05) is 23.5 Å². The zero-order valence-electron chi connectivity index (χ0n) is 14.0. The van der Waals surface area contributed by atoms with Gasteiger partial charge in [-0.3, -0.25) is 9.89 Å². The predicted molar refractivity (Wildman–Crippen MR) is 96.6 cm³/mol. The van der Waals surface area contributed by atoms with Crippen LogP contribution in [-0.2, 0) is 6.54 Å². The van der Waals surface area contributed by atoms with E-state index in [-0.39, 0.29) is 11.7 Å². The Morgan fingerprint density at radius 1 is 1.28 bits per heavy atom. The molecule has 1 amide bonds. The highest BCUT2D eigenvalue weighted by atomic mass is 16.3. The van der Waals surface area contributed by atoms with Crippen molar-refractivity contribution in [1.29, 1.82) is 0 Å². The SMILES string of the molecule is CCn1c(-c2cc(NC(=O)c3ccco3)n[nH]2)c(C)c2ccccc21. The minimum atomic E-state index is -0.323. The Labute approximate surface area is 144 Å². The smallest absolute Gasteiger partial charge is 0.292 e. The van der Waals surface area contributed by atoms with Gasteiger partial charge in [0.05, 0.1) is 17.7 Å². The van der Waals surface area contributed by atoms with Crippen molar-refractivity contribution in [3.05, 3.63) is 60.1 Å². The van der Waals surface area contributed by atoms with Gasteiger partial charge in [0.2, 0.25) is 0 Å². The third-order valence-corrected chi connectivity index (χ3v) is 4.36. The molecular weight excluding hydrogens is 316 g/mol. The van der Waals surface area contributed by atoms with Gasteiger partial charge in [-0.1, -0.05) is 18.2 Å². The van der Waals surface area contributed by atoms with Gasteiger partial charge in [-0.15, -0.1) is 0 Å². The van der Waals surface area contributed by atoms with E-state index in [1.54, 1.807) is 12.1 Å².